The molecule has 0 unspecified atom stereocenters. The van der Waals surface area contributed by atoms with Gasteiger partial charge in [0.2, 0.25) is 0 Å². The number of rotatable bonds is 0. The minimum Gasteiger partial charge on any atom is -0.315 e. The smallest absolute Gasteiger partial charge is 0.150 e. The van der Waals surface area contributed by atoms with Gasteiger partial charge in [-0.05, 0) is 51.9 Å². The maximum Gasteiger partial charge on any atom is 0.150 e. The van der Waals surface area contributed by atoms with Gasteiger partial charge in [-0.2, -0.15) is 0 Å². The number of hydrogen-bond acceptors (Lipinski definition) is 9. The van der Waals surface area contributed by atoms with Crippen LogP contribution in [0.15, 0.2) is 0 Å². The molecular formula is C25H52N8O. The summed E-state index contributed by atoms with van der Waals surface area (Å²) in [6.07, 6.45) is 6.48. The van der Waals surface area contributed by atoms with Crippen molar-refractivity contribution < 1.29 is 4.79 Å². The molecule has 8 N–H and O–H groups in total. The minimum absolute atomic E-state index is 0.355. The van der Waals surface area contributed by atoms with Gasteiger partial charge in [-0.1, -0.05) is 12.8 Å². The van der Waals surface area contributed by atoms with Crippen LogP contribution >= 0.6 is 0 Å². The van der Waals surface area contributed by atoms with Crippen LogP contribution in [0.4, 0.5) is 0 Å². The molecule has 0 aromatic rings. The first-order valence-corrected chi connectivity index (χ1v) is 14.0. The quantitative estimate of drug-likeness (QED) is 0.213. The van der Waals surface area contributed by atoms with Gasteiger partial charge < -0.3 is 42.5 Å². The topological polar surface area (TPSA) is 113 Å². The number of hydrogen-bond donors (Lipinski definition) is 8. The molecule has 2 heterocycles. The van der Waals surface area contributed by atoms with E-state index in [-0.39, 0.29) is 10.8 Å². The lowest BCUT2D eigenvalue weighted by molar-refractivity contribution is -0.138. The summed E-state index contributed by atoms with van der Waals surface area (Å²) < 4.78 is 0. The predicted octanol–water partition coefficient (Wildman–Crippen LogP) is -1.37. The van der Waals surface area contributed by atoms with Crippen LogP contribution in [0, 0.1) is 10.8 Å². The maximum absolute atomic E-state index is 14.6. The van der Waals surface area contributed by atoms with E-state index in [1.807, 2.05) is 0 Å². The van der Waals surface area contributed by atoms with E-state index in [9.17, 15) is 4.79 Å². The van der Waals surface area contributed by atoms with E-state index < -0.39 is 0 Å². The Hall–Kier alpha value is -0.650. The second kappa shape index (κ2) is 16.2. The van der Waals surface area contributed by atoms with Crippen LogP contribution in [0.3, 0.4) is 0 Å². The summed E-state index contributed by atoms with van der Waals surface area (Å²) >= 11 is 0. The maximum atomic E-state index is 14.6. The van der Waals surface area contributed by atoms with E-state index in [1.165, 1.54) is 0 Å². The Labute approximate surface area is 207 Å². The van der Waals surface area contributed by atoms with Crippen molar-refractivity contribution in [3.8, 4) is 0 Å². The third-order valence-corrected chi connectivity index (χ3v) is 7.71. The van der Waals surface area contributed by atoms with Gasteiger partial charge in [0.05, 0.1) is 10.8 Å². The van der Waals surface area contributed by atoms with E-state index in [4.69, 9.17) is 0 Å². The Morgan fingerprint density at radius 2 is 0.676 bits per heavy atom. The average Bonchev–Trinajstić information content (AvgIpc) is 2.97. The molecule has 9 nitrogen and oxygen atoms in total. The number of Topliss-reactive ketones (excluding diaryl/α,β-unsaturated/α-hetero) is 1. The third-order valence-electron chi connectivity index (χ3n) is 7.71. The SMILES string of the molecule is O=C1C2(CCCCC13CNCCNCCCNCCNC3)CNCCNCCCNCCNC2. The largest absolute Gasteiger partial charge is 0.315 e. The molecule has 0 radical (unpaired) electrons. The summed E-state index contributed by atoms with van der Waals surface area (Å²) in [6, 6.07) is 0. The van der Waals surface area contributed by atoms with Gasteiger partial charge in [0.1, 0.15) is 5.78 Å². The highest BCUT2D eigenvalue weighted by molar-refractivity contribution is 5.91. The van der Waals surface area contributed by atoms with Crippen LogP contribution in [0.1, 0.15) is 38.5 Å². The number of ketones is 1. The van der Waals surface area contributed by atoms with Gasteiger partial charge in [-0.25, -0.2) is 0 Å². The Bertz CT molecular complexity index is 487. The molecule has 1 aliphatic carbocycles. The fraction of sp³-hybridized carbons (Fsp3) is 0.960. The van der Waals surface area contributed by atoms with Crippen LogP contribution in [0.25, 0.3) is 0 Å². The van der Waals surface area contributed by atoms with Crippen molar-refractivity contribution in [2.75, 3.05) is 105 Å². The van der Waals surface area contributed by atoms with Crippen molar-refractivity contribution in [3.05, 3.63) is 0 Å². The lowest BCUT2D eigenvalue weighted by Gasteiger charge is -2.41. The van der Waals surface area contributed by atoms with E-state index in [0.717, 1.165) is 143 Å². The molecule has 0 atom stereocenters. The van der Waals surface area contributed by atoms with Crippen molar-refractivity contribution in [2.24, 2.45) is 10.8 Å². The molecule has 0 aromatic heterocycles. The lowest BCUT2D eigenvalue weighted by Crippen LogP contribution is -2.59. The molecule has 34 heavy (non-hydrogen) atoms. The fourth-order valence-electron chi connectivity index (χ4n) is 5.71. The highest BCUT2D eigenvalue weighted by atomic mass is 16.1. The summed E-state index contributed by atoms with van der Waals surface area (Å²) in [7, 11) is 0. The first-order chi connectivity index (χ1) is 16.8. The van der Waals surface area contributed by atoms with Gasteiger partial charge in [-0.15, -0.1) is 0 Å². The molecule has 9 heteroatoms. The zero-order chi connectivity index (χ0) is 23.8. The molecule has 3 aliphatic rings. The van der Waals surface area contributed by atoms with Crippen molar-refractivity contribution >= 4 is 5.78 Å². The monoisotopic (exact) mass is 480 g/mol. The van der Waals surface area contributed by atoms with Gasteiger partial charge in [0, 0.05) is 78.5 Å². The summed E-state index contributed by atoms with van der Waals surface area (Å²) in [5, 5.41) is 28.8. The average molecular weight is 481 g/mol. The first-order valence-electron chi connectivity index (χ1n) is 14.0. The second-order valence-electron chi connectivity index (χ2n) is 10.5. The summed E-state index contributed by atoms with van der Waals surface area (Å²) in [5.74, 6) is 0.457. The molecular weight excluding hydrogens is 428 g/mol. The minimum atomic E-state index is -0.355. The molecule has 198 valence electrons. The van der Waals surface area contributed by atoms with Gasteiger partial charge in [0.15, 0.2) is 0 Å². The van der Waals surface area contributed by atoms with Crippen LogP contribution in [-0.4, -0.2) is 110 Å². The Kier molecular flexibility index (Phi) is 13.3. The van der Waals surface area contributed by atoms with Crippen LogP contribution < -0.4 is 42.5 Å². The van der Waals surface area contributed by atoms with E-state index in [2.05, 4.69) is 42.5 Å². The van der Waals surface area contributed by atoms with Gasteiger partial charge in [0.25, 0.3) is 0 Å². The molecule has 1 saturated carbocycles. The second-order valence-corrected chi connectivity index (χ2v) is 10.5. The van der Waals surface area contributed by atoms with Crippen LogP contribution in [-0.2, 0) is 4.79 Å². The Balaban J connectivity index is 1.73. The van der Waals surface area contributed by atoms with Crippen molar-refractivity contribution in [3.63, 3.8) is 0 Å². The predicted molar refractivity (Wildman–Crippen MR) is 141 cm³/mol. The van der Waals surface area contributed by atoms with E-state index in [0.29, 0.717) is 5.78 Å². The fourth-order valence-corrected chi connectivity index (χ4v) is 5.71. The molecule has 3 fully saturated rings. The molecule has 2 spiro atoms. The zero-order valence-corrected chi connectivity index (χ0v) is 21.5. The number of nitrogens with one attached hydrogen (secondary N) is 8. The Morgan fingerprint density at radius 1 is 0.382 bits per heavy atom. The highest BCUT2D eigenvalue weighted by Gasteiger charge is 2.50. The zero-order valence-electron chi connectivity index (χ0n) is 21.5. The molecule has 0 aromatic carbocycles. The number of carbonyl (C=O) groups is 1. The highest BCUT2D eigenvalue weighted by Crippen LogP contribution is 2.41. The first kappa shape index (κ1) is 27.9. The van der Waals surface area contributed by atoms with Crippen LogP contribution in [0.2, 0.25) is 0 Å². The third kappa shape index (κ3) is 9.09. The van der Waals surface area contributed by atoms with E-state index >= 15 is 0 Å². The standard InChI is InChI=1S/C25H52N8O/c34-23-24(19-30-15-11-26-7-3-8-27-12-16-31-20-24)5-1-2-6-25(23)21-32-17-13-28-9-4-10-29-14-18-33-22-25/h26-33H,1-22H2. The van der Waals surface area contributed by atoms with Crippen molar-refractivity contribution in [2.45, 2.75) is 38.5 Å². The molecule has 3 rings (SSSR count). The molecule has 0 bridgehead atoms. The Morgan fingerprint density at radius 3 is 1.00 bits per heavy atom. The van der Waals surface area contributed by atoms with E-state index in [1.54, 1.807) is 0 Å². The van der Waals surface area contributed by atoms with Gasteiger partial charge >= 0.3 is 0 Å². The molecule has 2 saturated heterocycles. The summed E-state index contributed by atoms with van der Waals surface area (Å²) in [6.45, 7) is 14.6. The van der Waals surface area contributed by atoms with Crippen molar-refractivity contribution in [1.29, 1.82) is 0 Å². The van der Waals surface area contributed by atoms with Crippen LogP contribution in [0.5, 0.6) is 0 Å². The summed E-state index contributed by atoms with van der Waals surface area (Å²) in [5.41, 5.74) is -0.710. The normalized spacial score (nSPS) is 27.9. The summed E-state index contributed by atoms with van der Waals surface area (Å²) in [4.78, 5) is 14.6. The molecule has 2 aliphatic heterocycles. The molecule has 0 amide bonds. The van der Waals surface area contributed by atoms with Gasteiger partial charge in [-0.3, -0.25) is 4.79 Å². The number of carbonyl (C=O) groups excluding carboxylic acids is 1. The lowest BCUT2D eigenvalue weighted by atomic mass is 9.67. The van der Waals surface area contributed by atoms with Crippen molar-refractivity contribution in [1.82, 2.24) is 42.5 Å².